The third-order valence-electron chi connectivity index (χ3n) is 4.54. The smallest absolute Gasteiger partial charge is 0.269 e. The summed E-state index contributed by atoms with van der Waals surface area (Å²) in [4.78, 5) is 37.3. The van der Waals surface area contributed by atoms with Gasteiger partial charge in [-0.3, -0.25) is 29.1 Å². The van der Waals surface area contributed by atoms with Crippen molar-refractivity contribution in [1.82, 2.24) is 19.6 Å². The minimum absolute atomic E-state index is 0.0407. The van der Waals surface area contributed by atoms with E-state index in [2.05, 4.69) is 20.5 Å². The quantitative estimate of drug-likeness (QED) is 0.379. The number of anilines is 1. The molecule has 0 unspecified atom stereocenters. The highest BCUT2D eigenvalue weighted by Gasteiger charge is 2.20. The van der Waals surface area contributed by atoms with Crippen LogP contribution in [-0.2, 0) is 17.6 Å². The van der Waals surface area contributed by atoms with Gasteiger partial charge in [-0.25, -0.2) is 0 Å². The minimum Gasteiger partial charge on any atom is -0.325 e. The lowest BCUT2D eigenvalue weighted by atomic mass is 9.97. The fraction of sp³-hybridized carbons (Fsp3) is 0.294. The molecule has 0 fully saturated rings. The second-order valence-corrected chi connectivity index (χ2v) is 7.31. The van der Waals surface area contributed by atoms with Crippen LogP contribution in [0, 0.1) is 10.1 Å². The largest absolute Gasteiger partial charge is 0.325 e. The second kappa shape index (κ2) is 7.43. The SMILES string of the molecule is O=C(CSc1nnc2[nH]c(=O)c3c(n12)CCCC3)Nc1ccc([N+](=O)[O-])cc1. The maximum absolute atomic E-state index is 12.2. The van der Waals surface area contributed by atoms with E-state index in [1.165, 1.54) is 36.0 Å². The number of nitro benzene ring substituents is 1. The fourth-order valence-corrected chi connectivity index (χ4v) is 4.00. The van der Waals surface area contributed by atoms with Gasteiger partial charge in [0.05, 0.1) is 10.7 Å². The number of non-ortho nitro benzene ring substituents is 1. The number of fused-ring (bicyclic) bond motifs is 3. The van der Waals surface area contributed by atoms with Crippen molar-refractivity contribution in [1.29, 1.82) is 0 Å². The number of thioether (sulfide) groups is 1. The van der Waals surface area contributed by atoms with Crippen molar-refractivity contribution in [3.05, 3.63) is 56.0 Å². The summed E-state index contributed by atoms with van der Waals surface area (Å²) >= 11 is 1.22. The molecule has 0 bridgehead atoms. The minimum atomic E-state index is -0.497. The molecule has 1 amide bonds. The summed E-state index contributed by atoms with van der Waals surface area (Å²) in [5, 5.41) is 22.0. The number of nitro groups is 1. The first-order valence-electron chi connectivity index (χ1n) is 8.69. The highest BCUT2D eigenvalue weighted by atomic mass is 32.2. The molecule has 3 aromatic rings. The van der Waals surface area contributed by atoms with E-state index in [1.54, 1.807) is 0 Å². The van der Waals surface area contributed by atoms with E-state index in [0.29, 0.717) is 16.6 Å². The highest BCUT2D eigenvalue weighted by molar-refractivity contribution is 7.99. The third-order valence-corrected chi connectivity index (χ3v) is 5.46. The lowest BCUT2D eigenvalue weighted by Gasteiger charge is -2.16. The van der Waals surface area contributed by atoms with Crippen LogP contribution in [0.25, 0.3) is 5.78 Å². The van der Waals surface area contributed by atoms with Crippen LogP contribution in [0.4, 0.5) is 11.4 Å². The van der Waals surface area contributed by atoms with Gasteiger partial charge in [-0.1, -0.05) is 11.8 Å². The first kappa shape index (κ1) is 18.2. The molecule has 28 heavy (non-hydrogen) atoms. The summed E-state index contributed by atoms with van der Waals surface area (Å²) in [6.45, 7) is 0. The molecular weight excluding hydrogens is 384 g/mol. The number of hydrogen-bond acceptors (Lipinski definition) is 7. The maximum Gasteiger partial charge on any atom is 0.269 e. The average molecular weight is 400 g/mol. The van der Waals surface area contributed by atoms with Gasteiger partial charge in [0.15, 0.2) is 5.16 Å². The predicted molar refractivity (Wildman–Crippen MR) is 103 cm³/mol. The first-order valence-corrected chi connectivity index (χ1v) is 9.68. The van der Waals surface area contributed by atoms with Crippen molar-refractivity contribution in [2.75, 3.05) is 11.1 Å². The fourth-order valence-electron chi connectivity index (χ4n) is 3.24. The Morgan fingerprint density at radius 1 is 1.25 bits per heavy atom. The van der Waals surface area contributed by atoms with Crippen molar-refractivity contribution < 1.29 is 9.72 Å². The van der Waals surface area contributed by atoms with Crippen LogP contribution in [0.3, 0.4) is 0 Å². The molecule has 2 aromatic heterocycles. The maximum atomic E-state index is 12.2. The number of benzene rings is 1. The number of hydrogen-bond donors (Lipinski definition) is 2. The van der Waals surface area contributed by atoms with Crippen LogP contribution in [-0.4, -0.2) is 36.2 Å². The summed E-state index contributed by atoms with van der Waals surface area (Å²) in [7, 11) is 0. The molecule has 1 aliphatic carbocycles. The molecule has 0 saturated carbocycles. The highest BCUT2D eigenvalue weighted by Crippen LogP contribution is 2.24. The Morgan fingerprint density at radius 3 is 2.75 bits per heavy atom. The van der Waals surface area contributed by atoms with Crippen LogP contribution in [0.5, 0.6) is 0 Å². The van der Waals surface area contributed by atoms with Crippen LogP contribution in [0.15, 0.2) is 34.2 Å². The van der Waals surface area contributed by atoms with E-state index in [1.807, 2.05) is 4.40 Å². The molecule has 1 aliphatic rings. The van der Waals surface area contributed by atoms with Crippen molar-refractivity contribution in [2.45, 2.75) is 30.8 Å². The number of aromatic nitrogens is 4. The zero-order chi connectivity index (χ0) is 19.7. The van der Waals surface area contributed by atoms with Gasteiger partial charge >= 0.3 is 0 Å². The lowest BCUT2D eigenvalue weighted by molar-refractivity contribution is -0.384. The molecule has 2 N–H and O–H groups in total. The lowest BCUT2D eigenvalue weighted by Crippen LogP contribution is -2.23. The molecule has 0 atom stereocenters. The van der Waals surface area contributed by atoms with Crippen LogP contribution < -0.4 is 10.9 Å². The second-order valence-electron chi connectivity index (χ2n) is 6.37. The Hall–Kier alpha value is -3.21. The molecule has 0 saturated heterocycles. The molecule has 0 aliphatic heterocycles. The first-order chi connectivity index (χ1) is 13.5. The number of carbonyl (C=O) groups excluding carboxylic acids is 1. The van der Waals surface area contributed by atoms with Gasteiger partial charge in [0, 0.05) is 29.1 Å². The third kappa shape index (κ3) is 3.48. The number of aromatic amines is 1. The number of H-pyrrole nitrogens is 1. The van der Waals surface area contributed by atoms with Crippen LogP contribution in [0.1, 0.15) is 24.1 Å². The number of nitrogens with one attached hydrogen (secondary N) is 2. The predicted octanol–water partition coefficient (Wildman–Crippen LogP) is 1.94. The van der Waals surface area contributed by atoms with Crippen molar-refractivity contribution in [2.24, 2.45) is 0 Å². The van der Waals surface area contributed by atoms with E-state index in [4.69, 9.17) is 0 Å². The normalized spacial score (nSPS) is 13.3. The Kier molecular flexibility index (Phi) is 4.82. The molecule has 144 valence electrons. The van der Waals surface area contributed by atoms with Crippen LogP contribution >= 0.6 is 11.8 Å². The zero-order valence-corrected chi connectivity index (χ0v) is 15.5. The Balaban J connectivity index is 1.49. The van der Waals surface area contributed by atoms with E-state index in [9.17, 15) is 19.7 Å². The standard InChI is InChI=1S/C17H16N6O4S/c24-14(18-10-5-7-11(8-6-10)23(26)27)9-28-17-21-20-16-19-15(25)12-3-1-2-4-13(12)22(16)17/h5-8H,1-4,9H2,(H,18,24)(H,19,20,25). The molecule has 10 nitrogen and oxygen atoms in total. The van der Waals surface area contributed by atoms with Crippen molar-refractivity contribution in [3.63, 3.8) is 0 Å². The van der Waals surface area contributed by atoms with Gasteiger partial charge in [-0.2, -0.15) is 0 Å². The number of aryl methyl sites for hydroxylation is 1. The molecule has 11 heteroatoms. The van der Waals surface area contributed by atoms with Gasteiger partial charge in [0.25, 0.3) is 11.2 Å². The Bertz CT molecular complexity index is 1120. The van der Waals surface area contributed by atoms with E-state index in [-0.39, 0.29) is 22.9 Å². The number of carbonyl (C=O) groups is 1. The van der Waals surface area contributed by atoms with E-state index in [0.717, 1.165) is 36.9 Å². The molecular formula is C17H16N6O4S. The summed E-state index contributed by atoms with van der Waals surface area (Å²) in [5.74, 6) is 0.198. The molecule has 1 aromatic carbocycles. The summed E-state index contributed by atoms with van der Waals surface area (Å²) < 4.78 is 1.82. The van der Waals surface area contributed by atoms with Crippen molar-refractivity contribution in [3.8, 4) is 0 Å². The molecule has 0 spiro atoms. The number of rotatable bonds is 5. The Morgan fingerprint density at radius 2 is 2.00 bits per heavy atom. The summed E-state index contributed by atoms with van der Waals surface area (Å²) in [5.41, 5.74) is 1.98. The van der Waals surface area contributed by atoms with Gasteiger partial charge in [0.1, 0.15) is 0 Å². The number of amides is 1. The van der Waals surface area contributed by atoms with Gasteiger partial charge in [-0.15, -0.1) is 10.2 Å². The van der Waals surface area contributed by atoms with Gasteiger partial charge < -0.3 is 5.32 Å². The van der Waals surface area contributed by atoms with E-state index >= 15 is 0 Å². The Labute approximate surface area is 162 Å². The topological polar surface area (TPSA) is 135 Å². The average Bonchev–Trinajstić information content (AvgIpc) is 3.10. The zero-order valence-electron chi connectivity index (χ0n) is 14.7. The van der Waals surface area contributed by atoms with Gasteiger partial charge in [-0.05, 0) is 37.8 Å². The monoisotopic (exact) mass is 400 g/mol. The van der Waals surface area contributed by atoms with Gasteiger partial charge in [0.2, 0.25) is 11.7 Å². The number of nitrogens with zero attached hydrogens (tertiary/aromatic N) is 4. The van der Waals surface area contributed by atoms with Crippen LogP contribution in [0.2, 0.25) is 0 Å². The summed E-state index contributed by atoms with van der Waals surface area (Å²) in [6.07, 6.45) is 3.47. The molecule has 2 heterocycles. The summed E-state index contributed by atoms with van der Waals surface area (Å²) in [6, 6.07) is 5.62. The molecule has 0 radical (unpaired) electrons. The van der Waals surface area contributed by atoms with E-state index < -0.39 is 4.92 Å². The van der Waals surface area contributed by atoms with Crippen molar-refractivity contribution >= 4 is 34.8 Å². The molecule has 4 rings (SSSR count).